The number of hydrogen-bond acceptors (Lipinski definition) is 5. The van der Waals surface area contributed by atoms with E-state index in [0.29, 0.717) is 21.6 Å². The van der Waals surface area contributed by atoms with Crippen LogP contribution in [0.15, 0.2) is 24.3 Å². The molecule has 2 aromatic rings. The largest absolute Gasteiger partial charge is 0.340 e. The molecule has 2 rings (SSSR count). The number of carbonyl (C=O) groups is 2. The van der Waals surface area contributed by atoms with Crippen LogP contribution >= 0.6 is 22.9 Å². The summed E-state index contributed by atoms with van der Waals surface area (Å²) in [6.07, 6.45) is 1.95. The van der Waals surface area contributed by atoms with Crippen LogP contribution in [0.2, 0.25) is 5.02 Å². The summed E-state index contributed by atoms with van der Waals surface area (Å²) in [5.41, 5.74) is 0.338. The Balaban J connectivity index is 2.09. The van der Waals surface area contributed by atoms with Gasteiger partial charge in [-0.2, -0.15) is 0 Å². The Kier molecular flexibility index (Phi) is 7.74. The molecule has 0 aliphatic heterocycles. The molecule has 0 saturated carbocycles. The zero-order valence-corrected chi connectivity index (χ0v) is 17.5. The fourth-order valence-corrected chi connectivity index (χ4v) is 3.91. The molecular weight excluding hydrogens is 384 g/mol. The molecule has 0 aliphatic carbocycles. The zero-order chi connectivity index (χ0) is 20.0. The molecule has 0 spiro atoms. The summed E-state index contributed by atoms with van der Waals surface area (Å²) in [4.78, 5) is 25.2. The van der Waals surface area contributed by atoms with Gasteiger partial charge in [-0.3, -0.25) is 14.9 Å². The molecule has 1 heterocycles. The summed E-state index contributed by atoms with van der Waals surface area (Å²) in [7, 11) is 0. The van der Waals surface area contributed by atoms with Crippen LogP contribution in [0.5, 0.6) is 0 Å². The molecule has 0 aliphatic rings. The topological polar surface area (TPSA) is 84.0 Å². The minimum atomic E-state index is -0.714. The number of hydrogen-bond donors (Lipinski definition) is 2. The highest BCUT2D eigenvalue weighted by atomic mass is 35.5. The van der Waals surface area contributed by atoms with Gasteiger partial charge in [-0.1, -0.05) is 62.8 Å². The highest BCUT2D eigenvalue weighted by molar-refractivity contribution is 7.15. The fourth-order valence-electron chi connectivity index (χ4n) is 2.67. The van der Waals surface area contributed by atoms with Gasteiger partial charge < -0.3 is 5.32 Å². The molecule has 0 fully saturated rings. The normalized spacial score (nSPS) is 12.3. The molecule has 1 unspecified atom stereocenters. The molecule has 6 nitrogen and oxygen atoms in total. The van der Waals surface area contributed by atoms with Crippen molar-refractivity contribution < 1.29 is 9.59 Å². The molecule has 146 valence electrons. The Morgan fingerprint density at radius 3 is 2.41 bits per heavy atom. The first-order chi connectivity index (χ1) is 12.9. The lowest BCUT2D eigenvalue weighted by Gasteiger charge is -2.21. The molecule has 1 aromatic heterocycles. The summed E-state index contributed by atoms with van der Waals surface area (Å²) in [5.74, 6) is -0.473. The summed E-state index contributed by atoms with van der Waals surface area (Å²) in [5, 5.41) is 15.5. The van der Waals surface area contributed by atoms with Crippen LogP contribution in [-0.4, -0.2) is 28.1 Å². The molecule has 27 heavy (non-hydrogen) atoms. The number of aromatic nitrogens is 2. The maximum Gasteiger partial charge on any atom is 0.253 e. The fraction of sp³-hybridized carbons (Fsp3) is 0.474. The Morgan fingerprint density at radius 2 is 1.81 bits per heavy atom. The lowest BCUT2D eigenvalue weighted by atomic mass is 10.0. The van der Waals surface area contributed by atoms with E-state index in [1.54, 1.807) is 24.3 Å². The third-order valence-corrected chi connectivity index (χ3v) is 5.69. The molecule has 1 atom stereocenters. The second-order valence-electron chi connectivity index (χ2n) is 6.62. The second kappa shape index (κ2) is 9.80. The van der Waals surface area contributed by atoms with Gasteiger partial charge in [-0.15, -0.1) is 10.2 Å². The van der Waals surface area contributed by atoms with E-state index in [0.717, 1.165) is 17.8 Å². The van der Waals surface area contributed by atoms with Crippen LogP contribution in [0, 0.1) is 5.92 Å². The first kappa shape index (κ1) is 21.3. The SMILES string of the molecule is CCC(CC)c1nnc(NC(=O)C(NC(=O)c2ccccc2Cl)C(C)C)s1. The number of amides is 2. The van der Waals surface area contributed by atoms with Crippen LogP contribution in [0.3, 0.4) is 0 Å². The highest BCUT2D eigenvalue weighted by Gasteiger charge is 2.26. The Morgan fingerprint density at radius 1 is 1.15 bits per heavy atom. The van der Waals surface area contributed by atoms with Crippen molar-refractivity contribution in [2.45, 2.75) is 52.5 Å². The van der Waals surface area contributed by atoms with Gasteiger partial charge in [0.25, 0.3) is 5.91 Å². The van der Waals surface area contributed by atoms with Crippen molar-refractivity contribution >= 4 is 39.9 Å². The van der Waals surface area contributed by atoms with E-state index >= 15 is 0 Å². The molecule has 0 bridgehead atoms. The number of carbonyl (C=O) groups excluding carboxylic acids is 2. The quantitative estimate of drug-likeness (QED) is 0.674. The van der Waals surface area contributed by atoms with E-state index in [-0.39, 0.29) is 17.7 Å². The second-order valence-corrected chi connectivity index (χ2v) is 8.04. The Labute approximate surface area is 168 Å². The molecule has 2 N–H and O–H groups in total. The van der Waals surface area contributed by atoms with Gasteiger partial charge in [0, 0.05) is 5.92 Å². The number of rotatable bonds is 8. The van der Waals surface area contributed by atoms with Crippen LogP contribution in [0.25, 0.3) is 0 Å². The monoisotopic (exact) mass is 408 g/mol. The molecule has 2 amide bonds. The van der Waals surface area contributed by atoms with E-state index in [2.05, 4.69) is 34.7 Å². The minimum Gasteiger partial charge on any atom is -0.340 e. The summed E-state index contributed by atoms with van der Waals surface area (Å²) >= 11 is 7.45. The van der Waals surface area contributed by atoms with Crippen LogP contribution in [0.1, 0.15) is 61.8 Å². The van der Waals surface area contributed by atoms with Crippen molar-refractivity contribution in [1.82, 2.24) is 15.5 Å². The smallest absolute Gasteiger partial charge is 0.253 e. The van der Waals surface area contributed by atoms with Crippen LogP contribution in [-0.2, 0) is 4.79 Å². The van der Waals surface area contributed by atoms with Gasteiger partial charge in [0.2, 0.25) is 11.0 Å². The van der Waals surface area contributed by atoms with Crippen molar-refractivity contribution in [2.75, 3.05) is 5.32 Å². The van der Waals surface area contributed by atoms with Gasteiger partial charge in [0.1, 0.15) is 11.0 Å². The lowest BCUT2D eigenvalue weighted by molar-refractivity contribution is -0.118. The van der Waals surface area contributed by atoms with E-state index in [1.807, 2.05) is 13.8 Å². The van der Waals surface area contributed by atoms with Crippen molar-refractivity contribution in [3.05, 3.63) is 39.9 Å². The number of benzene rings is 1. The first-order valence-electron chi connectivity index (χ1n) is 9.06. The molecule has 1 aromatic carbocycles. The van der Waals surface area contributed by atoms with E-state index in [1.165, 1.54) is 11.3 Å². The third kappa shape index (κ3) is 5.49. The standard InChI is InChI=1S/C19H25ClN4O2S/c1-5-12(6-2)18-23-24-19(27-18)22-17(26)15(11(3)4)21-16(25)13-9-7-8-10-14(13)20/h7-12,15H,5-6H2,1-4H3,(H,21,25)(H,22,24,26). The predicted octanol–water partition coefficient (Wildman–Crippen LogP) is 4.49. The average molecular weight is 409 g/mol. The first-order valence-corrected chi connectivity index (χ1v) is 10.3. The van der Waals surface area contributed by atoms with Crippen LogP contribution < -0.4 is 10.6 Å². The van der Waals surface area contributed by atoms with Crippen LogP contribution in [0.4, 0.5) is 5.13 Å². The Hall–Kier alpha value is -1.99. The number of halogens is 1. The molecule has 0 saturated heterocycles. The van der Waals surface area contributed by atoms with E-state index < -0.39 is 6.04 Å². The third-order valence-electron chi connectivity index (χ3n) is 4.36. The van der Waals surface area contributed by atoms with E-state index in [9.17, 15) is 9.59 Å². The number of nitrogens with one attached hydrogen (secondary N) is 2. The number of nitrogens with zero attached hydrogens (tertiary/aromatic N) is 2. The molecular formula is C19H25ClN4O2S. The predicted molar refractivity (Wildman–Crippen MR) is 109 cm³/mol. The molecule has 8 heteroatoms. The van der Waals surface area contributed by atoms with Gasteiger partial charge in [-0.05, 0) is 30.9 Å². The molecule has 0 radical (unpaired) electrons. The van der Waals surface area contributed by atoms with Gasteiger partial charge in [0.15, 0.2) is 0 Å². The van der Waals surface area contributed by atoms with E-state index in [4.69, 9.17) is 11.6 Å². The van der Waals surface area contributed by atoms with Gasteiger partial charge in [0.05, 0.1) is 10.6 Å². The highest BCUT2D eigenvalue weighted by Crippen LogP contribution is 2.28. The van der Waals surface area contributed by atoms with Crippen molar-refractivity contribution in [3.8, 4) is 0 Å². The summed E-state index contributed by atoms with van der Waals surface area (Å²) in [6.45, 7) is 7.94. The average Bonchev–Trinajstić information content (AvgIpc) is 3.08. The summed E-state index contributed by atoms with van der Waals surface area (Å²) in [6, 6.07) is 6.03. The van der Waals surface area contributed by atoms with Gasteiger partial charge >= 0.3 is 0 Å². The maximum absolute atomic E-state index is 12.7. The Bertz CT molecular complexity index is 790. The van der Waals surface area contributed by atoms with Crippen molar-refractivity contribution in [3.63, 3.8) is 0 Å². The van der Waals surface area contributed by atoms with Crippen molar-refractivity contribution in [1.29, 1.82) is 0 Å². The van der Waals surface area contributed by atoms with Crippen molar-refractivity contribution in [2.24, 2.45) is 5.92 Å². The number of anilines is 1. The van der Waals surface area contributed by atoms with Gasteiger partial charge in [-0.25, -0.2) is 0 Å². The minimum absolute atomic E-state index is 0.108. The zero-order valence-electron chi connectivity index (χ0n) is 16.0. The summed E-state index contributed by atoms with van der Waals surface area (Å²) < 4.78 is 0. The maximum atomic E-state index is 12.7. The lowest BCUT2D eigenvalue weighted by Crippen LogP contribution is -2.47.